The zero-order valence-corrected chi connectivity index (χ0v) is 23.5. The van der Waals surface area contributed by atoms with Crippen molar-refractivity contribution in [3.63, 3.8) is 0 Å². The summed E-state index contributed by atoms with van der Waals surface area (Å²) < 4.78 is 17.6. The number of pyridine rings is 1. The normalized spacial score (nSPS) is 22.2. The molecule has 3 aliphatic rings. The number of aromatic nitrogens is 1. The summed E-state index contributed by atoms with van der Waals surface area (Å²) in [5.41, 5.74) is 2.62. The Hall–Kier alpha value is -4.31. The molecule has 3 atom stereocenters. The topological polar surface area (TPSA) is 102 Å². The first-order valence-corrected chi connectivity index (χ1v) is 14.3. The molecule has 9 heteroatoms. The highest BCUT2D eigenvalue weighted by atomic mass is 16.5. The van der Waals surface area contributed by atoms with Crippen molar-refractivity contribution in [1.29, 1.82) is 0 Å². The van der Waals surface area contributed by atoms with Gasteiger partial charge in [0, 0.05) is 31.5 Å². The first-order valence-electron chi connectivity index (χ1n) is 14.3. The minimum atomic E-state index is -1.28. The van der Waals surface area contributed by atoms with Gasteiger partial charge in [0.15, 0.2) is 0 Å². The Kier molecular flexibility index (Phi) is 8.14. The van der Waals surface area contributed by atoms with E-state index in [0.29, 0.717) is 5.69 Å². The van der Waals surface area contributed by atoms with E-state index in [9.17, 15) is 9.59 Å². The van der Waals surface area contributed by atoms with Crippen LogP contribution in [0.1, 0.15) is 24.1 Å². The lowest BCUT2D eigenvalue weighted by Gasteiger charge is -2.36. The maximum Gasteiger partial charge on any atom is 0.337 e. The molecule has 1 fully saturated rings. The number of hydrogen-bond donors (Lipinski definition) is 2. The van der Waals surface area contributed by atoms with Gasteiger partial charge in [-0.3, -0.25) is 14.7 Å². The Morgan fingerprint density at radius 1 is 1.05 bits per heavy atom. The van der Waals surface area contributed by atoms with Crippen LogP contribution in [-0.4, -0.2) is 66.4 Å². The van der Waals surface area contributed by atoms with E-state index >= 15 is 0 Å². The molecule has 216 valence electrons. The van der Waals surface area contributed by atoms with Crippen LogP contribution in [0.15, 0.2) is 102 Å². The molecule has 0 saturated carbocycles. The van der Waals surface area contributed by atoms with Crippen LogP contribution in [-0.2, 0) is 30.3 Å². The van der Waals surface area contributed by atoms with Crippen molar-refractivity contribution in [3.8, 4) is 0 Å². The number of carbonyl (C=O) groups is 2. The lowest BCUT2D eigenvalue weighted by atomic mass is 9.78. The molecule has 2 N–H and O–H groups in total. The van der Waals surface area contributed by atoms with Crippen molar-refractivity contribution in [1.82, 2.24) is 9.88 Å². The van der Waals surface area contributed by atoms with Crippen molar-refractivity contribution >= 4 is 23.3 Å². The summed E-state index contributed by atoms with van der Waals surface area (Å²) in [4.78, 5) is 33.8. The van der Waals surface area contributed by atoms with Crippen LogP contribution >= 0.6 is 0 Å². The van der Waals surface area contributed by atoms with Gasteiger partial charge in [-0.25, -0.2) is 4.79 Å². The highest BCUT2D eigenvalue weighted by Gasteiger charge is 2.58. The number of nitrogens with zero attached hydrogens (tertiary/aromatic N) is 2. The number of amides is 1. The van der Waals surface area contributed by atoms with E-state index in [0.717, 1.165) is 44.1 Å². The van der Waals surface area contributed by atoms with Gasteiger partial charge in [0.05, 0.1) is 48.9 Å². The highest BCUT2D eigenvalue weighted by molar-refractivity contribution is 6.12. The zero-order valence-electron chi connectivity index (χ0n) is 23.5. The average Bonchev–Trinajstić information content (AvgIpc) is 3.60. The van der Waals surface area contributed by atoms with Gasteiger partial charge >= 0.3 is 5.97 Å². The second-order valence-corrected chi connectivity index (χ2v) is 10.5. The third-order valence-corrected chi connectivity index (χ3v) is 7.77. The molecule has 1 saturated heterocycles. The van der Waals surface area contributed by atoms with E-state index in [1.54, 1.807) is 31.5 Å². The van der Waals surface area contributed by atoms with E-state index in [-0.39, 0.29) is 17.8 Å². The van der Waals surface area contributed by atoms with Crippen LogP contribution < -0.4 is 10.6 Å². The number of para-hydroxylation sites is 1. The first-order chi connectivity index (χ1) is 20.6. The largest absolute Gasteiger partial charge is 0.463 e. The molecule has 0 spiro atoms. The third kappa shape index (κ3) is 5.59. The SMILES string of the molecule is CCOC(=O)C1=C(C(=O)Nc2cccnc2)C2C=CC1(C(Nc1ccccc1)c1ccc(CN3CCOCC3)cc1)O2. The first kappa shape index (κ1) is 27.8. The maximum atomic E-state index is 13.7. The van der Waals surface area contributed by atoms with Gasteiger partial charge in [-0.1, -0.05) is 48.5 Å². The molecular formula is C33H34N4O5. The lowest BCUT2D eigenvalue weighted by Crippen LogP contribution is -2.42. The minimum absolute atomic E-state index is 0.164. The van der Waals surface area contributed by atoms with Crippen molar-refractivity contribution in [2.24, 2.45) is 0 Å². The number of nitrogens with one attached hydrogen (secondary N) is 2. The summed E-state index contributed by atoms with van der Waals surface area (Å²) in [7, 11) is 0. The molecule has 3 aliphatic heterocycles. The number of morpholine rings is 1. The Morgan fingerprint density at radius 3 is 2.52 bits per heavy atom. The number of carbonyl (C=O) groups excluding carboxylic acids is 2. The number of ether oxygens (including phenoxy) is 3. The molecular weight excluding hydrogens is 532 g/mol. The summed E-state index contributed by atoms with van der Waals surface area (Å²) in [5, 5.41) is 6.48. The number of rotatable bonds is 10. The van der Waals surface area contributed by atoms with Gasteiger partial charge in [0.1, 0.15) is 11.7 Å². The monoisotopic (exact) mass is 566 g/mol. The molecule has 3 aromatic rings. The average molecular weight is 567 g/mol. The number of anilines is 2. The third-order valence-electron chi connectivity index (χ3n) is 7.77. The molecule has 4 heterocycles. The van der Waals surface area contributed by atoms with E-state index in [1.165, 1.54) is 5.56 Å². The van der Waals surface area contributed by atoms with Crippen LogP contribution in [0.3, 0.4) is 0 Å². The Balaban J connectivity index is 1.39. The minimum Gasteiger partial charge on any atom is -0.463 e. The number of hydrogen-bond acceptors (Lipinski definition) is 8. The van der Waals surface area contributed by atoms with Crippen LogP contribution in [0.25, 0.3) is 0 Å². The Labute approximate surface area is 245 Å². The fraction of sp³-hybridized carbons (Fsp3) is 0.303. The maximum absolute atomic E-state index is 13.7. The fourth-order valence-electron chi connectivity index (χ4n) is 5.80. The molecule has 3 unspecified atom stereocenters. The molecule has 2 bridgehead atoms. The van der Waals surface area contributed by atoms with Gasteiger partial charge in [-0.05, 0) is 48.4 Å². The number of fused-ring (bicyclic) bond motifs is 2. The Morgan fingerprint density at radius 2 is 1.81 bits per heavy atom. The predicted molar refractivity (Wildman–Crippen MR) is 159 cm³/mol. The van der Waals surface area contributed by atoms with Crippen LogP contribution in [0.5, 0.6) is 0 Å². The number of benzene rings is 2. The highest BCUT2D eigenvalue weighted by Crippen LogP contribution is 2.51. The quantitative estimate of drug-likeness (QED) is 0.277. The summed E-state index contributed by atoms with van der Waals surface area (Å²) in [6.45, 7) is 6.04. The van der Waals surface area contributed by atoms with E-state index in [2.05, 4.69) is 44.8 Å². The van der Waals surface area contributed by atoms with Gasteiger partial charge in [0.2, 0.25) is 0 Å². The second kappa shape index (κ2) is 12.3. The van der Waals surface area contributed by atoms with Gasteiger partial charge in [0.25, 0.3) is 5.91 Å². The molecule has 1 aromatic heterocycles. The smallest absolute Gasteiger partial charge is 0.337 e. The summed E-state index contributed by atoms with van der Waals surface area (Å²) in [6.07, 6.45) is 6.20. The van der Waals surface area contributed by atoms with Crippen molar-refractivity contribution in [2.45, 2.75) is 31.2 Å². The van der Waals surface area contributed by atoms with Crippen LogP contribution in [0.4, 0.5) is 11.4 Å². The van der Waals surface area contributed by atoms with E-state index < -0.39 is 29.6 Å². The van der Waals surface area contributed by atoms with Crippen molar-refractivity contribution in [2.75, 3.05) is 43.5 Å². The molecule has 6 rings (SSSR count). The standard InChI is InChI=1S/C33H34N4O5/c1-2-41-32(39)29-28(31(38)36-26-9-6-16-34-21-26)27-14-15-33(29,42-27)30(35-25-7-4-3-5-8-25)24-12-10-23(11-13-24)22-37-17-19-40-20-18-37/h3-16,21,27,30,35H,2,17-20,22H2,1H3,(H,36,38). The zero-order chi connectivity index (χ0) is 28.9. The summed E-state index contributed by atoms with van der Waals surface area (Å²) in [6, 6.07) is 21.0. The lowest BCUT2D eigenvalue weighted by molar-refractivity contribution is -0.140. The molecule has 2 aromatic carbocycles. The molecule has 0 radical (unpaired) electrons. The van der Waals surface area contributed by atoms with Crippen molar-refractivity contribution in [3.05, 3.63) is 114 Å². The van der Waals surface area contributed by atoms with E-state index in [4.69, 9.17) is 14.2 Å². The van der Waals surface area contributed by atoms with Crippen LogP contribution in [0.2, 0.25) is 0 Å². The summed E-state index contributed by atoms with van der Waals surface area (Å²) >= 11 is 0. The van der Waals surface area contributed by atoms with Crippen molar-refractivity contribution < 1.29 is 23.8 Å². The number of esters is 1. The van der Waals surface area contributed by atoms with Crippen LogP contribution in [0, 0.1) is 0 Å². The van der Waals surface area contributed by atoms with E-state index in [1.807, 2.05) is 42.5 Å². The molecule has 0 aliphatic carbocycles. The second-order valence-electron chi connectivity index (χ2n) is 10.5. The predicted octanol–water partition coefficient (Wildman–Crippen LogP) is 4.27. The molecule has 9 nitrogen and oxygen atoms in total. The fourth-order valence-corrected chi connectivity index (χ4v) is 5.80. The van der Waals surface area contributed by atoms with Gasteiger partial charge in [-0.2, -0.15) is 0 Å². The van der Waals surface area contributed by atoms with Gasteiger partial charge < -0.3 is 24.8 Å². The Bertz CT molecular complexity index is 1470. The summed E-state index contributed by atoms with van der Waals surface area (Å²) in [5.74, 6) is -1.01. The van der Waals surface area contributed by atoms with Gasteiger partial charge in [-0.15, -0.1) is 0 Å². The molecule has 42 heavy (non-hydrogen) atoms. The molecule has 1 amide bonds.